The van der Waals surface area contributed by atoms with Crippen LogP contribution in [0.2, 0.25) is 0 Å². The Bertz CT molecular complexity index is 1040. The van der Waals surface area contributed by atoms with Crippen LogP contribution >= 0.6 is 0 Å². The molecule has 9 heteroatoms. The van der Waals surface area contributed by atoms with Gasteiger partial charge in [0.15, 0.2) is 5.79 Å². The van der Waals surface area contributed by atoms with Crippen molar-refractivity contribution in [2.45, 2.75) is 37.4 Å². The molecule has 1 aromatic carbocycles. The van der Waals surface area contributed by atoms with Gasteiger partial charge in [-0.1, -0.05) is 13.8 Å². The second kappa shape index (κ2) is 7.96. The lowest BCUT2D eigenvalue weighted by Gasteiger charge is -2.37. The lowest BCUT2D eigenvalue weighted by atomic mass is 10.0. The molecule has 2 aliphatic rings. The van der Waals surface area contributed by atoms with E-state index in [-0.39, 0.29) is 10.8 Å². The SMILES string of the molecule is CCN(CC)S(=O)(=O)c1ccc2c(c1)cc(C(=O)N1CCC3(CC1)OCCO3)n2C. The smallest absolute Gasteiger partial charge is 0.270 e. The summed E-state index contributed by atoms with van der Waals surface area (Å²) in [7, 11) is -1.71. The summed E-state index contributed by atoms with van der Waals surface area (Å²) in [6, 6.07) is 6.83. The number of piperidine rings is 1. The van der Waals surface area contributed by atoms with Crippen molar-refractivity contribution >= 4 is 26.8 Å². The Labute approximate surface area is 177 Å². The number of carbonyl (C=O) groups is 1. The molecular weight excluding hydrogens is 406 g/mol. The van der Waals surface area contributed by atoms with E-state index in [1.165, 1.54) is 4.31 Å². The number of rotatable bonds is 5. The summed E-state index contributed by atoms with van der Waals surface area (Å²) in [6.45, 7) is 6.83. The third-order valence-corrected chi connectivity index (χ3v) is 8.25. The van der Waals surface area contributed by atoms with Crippen molar-refractivity contribution < 1.29 is 22.7 Å². The number of aromatic nitrogens is 1. The zero-order chi connectivity index (χ0) is 21.5. The van der Waals surface area contributed by atoms with Gasteiger partial charge in [0, 0.05) is 57.0 Å². The fourth-order valence-electron chi connectivity index (χ4n) is 4.40. The first kappa shape index (κ1) is 21.3. The Hall–Kier alpha value is -1.94. The molecule has 0 N–H and O–H groups in total. The van der Waals surface area contributed by atoms with Crippen LogP contribution in [-0.2, 0) is 26.5 Å². The molecule has 0 saturated carbocycles. The summed E-state index contributed by atoms with van der Waals surface area (Å²) in [5.74, 6) is -0.585. The standard InChI is InChI=1S/C21H29N3O5S/c1-4-24(5-2)30(26,27)17-6-7-18-16(14-17)15-19(22(18)3)20(25)23-10-8-21(9-11-23)28-12-13-29-21/h6-7,14-15H,4-5,8-13H2,1-3H3. The number of nitrogens with zero attached hydrogens (tertiary/aromatic N) is 3. The Morgan fingerprint density at radius 1 is 1.10 bits per heavy atom. The molecule has 0 unspecified atom stereocenters. The molecular formula is C21H29N3O5S. The van der Waals surface area contributed by atoms with Crippen LogP contribution in [0.25, 0.3) is 10.9 Å². The molecule has 8 nitrogen and oxygen atoms in total. The lowest BCUT2D eigenvalue weighted by molar-refractivity contribution is -0.181. The molecule has 0 aliphatic carbocycles. The van der Waals surface area contributed by atoms with Crippen molar-refractivity contribution in [3.63, 3.8) is 0 Å². The number of sulfonamides is 1. The Kier molecular flexibility index (Phi) is 5.65. The van der Waals surface area contributed by atoms with Gasteiger partial charge in [0.2, 0.25) is 10.0 Å². The summed E-state index contributed by atoms with van der Waals surface area (Å²) in [5.41, 5.74) is 1.37. The fraction of sp³-hybridized carbons (Fsp3) is 0.571. The molecule has 4 rings (SSSR count). The summed E-state index contributed by atoms with van der Waals surface area (Å²) >= 11 is 0. The lowest BCUT2D eigenvalue weighted by Crippen LogP contribution is -2.47. The van der Waals surface area contributed by atoms with Gasteiger partial charge in [0.05, 0.1) is 18.1 Å². The number of amides is 1. The van der Waals surface area contributed by atoms with E-state index in [1.807, 2.05) is 30.4 Å². The summed E-state index contributed by atoms with van der Waals surface area (Å²) in [6.07, 6.45) is 1.32. The van der Waals surface area contributed by atoms with E-state index in [2.05, 4.69) is 0 Å². The summed E-state index contributed by atoms with van der Waals surface area (Å²) in [4.78, 5) is 15.2. The predicted molar refractivity (Wildman–Crippen MR) is 113 cm³/mol. The normalized spacial score (nSPS) is 19.3. The fourth-order valence-corrected chi connectivity index (χ4v) is 5.90. The van der Waals surface area contributed by atoms with Crippen LogP contribution in [0, 0.1) is 0 Å². The molecule has 0 bridgehead atoms. The van der Waals surface area contributed by atoms with Gasteiger partial charge in [-0.2, -0.15) is 4.31 Å². The summed E-state index contributed by atoms with van der Waals surface area (Å²) in [5, 5.41) is 0.741. The molecule has 1 amide bonds. The molecule has 164 valence electrons. The molecule has 0 radical (unpaired) electrons. The highest BCUT2D eigenvalue weighted by Gasteiger charge is 2.41. The Balaban J connectivity index is 1.59. The maximum atomic E-state index is 13.2. The largest absolute Gasteiger partial charge is 0.347 e. The number of benzene rings is 1. The molecule has 2 aliphatic heterocycles. The Morgan fingerprint density at radius 3 is 2.33 bits per heavy atom. The number of hydrogen-bond donors (Lipinski definition) is 0. The van der Waals surface area contributed by atoms with E-state index < -0.39 is 15.8 Å². The van der Waals surface area contributed by atoms with Crippen molar-refractivity contribution in [1.29, 1.82) is 0 Å². The third-order valence-electron chi connectivity index (χ3n) is 6.20. The minimum absolute atomic E-state index is 0.0605. The highest BCUT2D eigenvalue weighted by Crippen LogP contribution is 2.32. The van der Waals surface area contributed by atoms with Crippen LogP contribution < -0.4 is 0 Å². The summed E-state index contributed by atoms with van der Waals surface area (Å²) < 4.78 is 40.5. The monoisotopic (exact) mass is 435 g/mol. The number of fused-ring (bicyclic) bond motifs is 1. The average Bonchev–Trinajstić information content (AvgIpc) is 3.33. The molecule has 0 atom stereocenters. The van der Waals surface area contributed by atoms with Gasteiger partial charge >= 0.3 is 0 Å². The molecule has 3 heterocycles. The van der Waals surface area contributed by atoms with Crippen molar-refractivity contribution in [3.05, 3.63) is 30.0 Å². The van der Waals surface area contributed by atoms with E-state index in [0.717, 1.165) is 10.9 Å². The number of likely N-dealkylation sites (tertiary alicyclic amines) is 1. The van der Waals surface area contributed by atoms with Crippen LogP contribution in [0.15, 0.2) is 29.2 Å². The maximum absolute atomic E-state index is 13.2. The third kappa shape index (κ3) is 3.53. The molecule has 1 spiro atoms. The highest BCUT2D eigenvalue weighted by molar-refractivity contribution is 7.89. The first-order chi connectivity index (χ1) is 14.3. The van der Waals surface area contributed by atoms with E-state index >= 15 is 0 Å². The first-order valence-corrected chi connectivity index (χ1v) is 11.9. The van der Waals surface area contributed by atoms with Crippen molar-refractivity contribution in [2.24, 2.45) is 7.05 Å². The van der Waals surface area contributed by atoms with E-state index in [4.69, 9.17) is 9.47 Å². The molecule has 1 aromatic heterocycles. The maximum Gasteiger partial charge on any atom is 0.270 e. The molecule has 2 fully saturated rings. The predicted octanol–water partition coefficient (Wildman–Crippen LogP) is 2.19. The number of aryl methyl sites for hydroxylation is 1. The average molecular weight is 436 g/mol. The molecule has 30 heavy (non-hydrogen) atoms. The van der Waals surface area contributed by atoms with Gasteiger partial charge in [0.25, 0.3) is 5.91 Å². The quantitative estimate of drug-likeness (QED) is 0.719. The van der Waals surface area contributed by atoms with Gasteiger partial charge < -0.3 is 18.9 Å². The van der Waals surface area contributed by atoms with Gasteiger partial charge in [-0.15, -0.1) is 0 Å². The van der Waals surface area contributed by atoms with Gasteiger partial charge in [0.1, 0.15) is 5.69 Å². The van der Waals surface area contributed by atoms with Crippen LogP contribution in [0.1, 0.15) is 37.2 Å². The number of hydrogen-bond acceptors (Lipinski definition) is 5. The van der Waals surface area contributed by atoms with E-state index in [0.29, 0.717) is 57.9 Å². The van der Waals surface area contributed by atoms with E-state index in [9.17, 15) is 13.2 Å². The topological polar surface area (TPSA) is 81.1 Å². The van der Waals surface area contributed by atoms with Crippen LogP contribution in [0.5, 0.6) is 0 Å². The van der Waals surface area contributed by atoms with Crippen molar-refractivity contribution in [3.8, 4) is 0 Å². The first-order valence-electron chi connectivity index (χ1n) is 10.5. The van der Waals surface area contributed by atoms with Crippen molar-refractivity contribution in [2.75, 3.05) is 39.4 Å². The minimum Gasteiger partial charge on any atom is -0.347 e. The van der Waals surface area contributed by atoms with Gasteiger partial charge in [-0.3, -0.25) is 4.79 Å². The Morgan fingerprint density at radius 2 is 1.73 bits per heavy atom. The minimum atomic E-state index is -3.55. The van der Waals surface area contributed by atoms with Gasteiger partial charge in [-0.25, -0.2) is 8.42 Å². The zero-order valence-electron chi connectivity index (χ0n) is 17.8. The highest BCUT2D eigenvalue weighted by atomic mass is 32.2. The van der Waals surface area contributed by atoms with Crippen LogP contribution in [0.4, 0.5) is 0 Å². The zero-order valence-corrected chi connectivity index (χ0v) is 18.6. The van der Waals surface area contributed by atoms with Crippen LogP contribution in [-0.4, -0.2) is 73.3 Å². The number of carbonyl (C=O) groups excluding carboxylic acids is 1. The second-order valence-electron chi connectivity index (χ2n) is 7.80. The van der Waals surface area contributed by atoms with Crippen molar-refractivity contribution in [1.82, 2.24) is 13.8 Å². The van der Waals surface area contributed by atoms with Gasteiger partial charge in [-0.05, 0) is 24.3 Å². The molecule has 2 aromatic rings. The molecule has 2 saturated heterocycles. The second-order valence-corrected chi connectivity index (χ2v) is 9.74. The van der Waals surface area contributed by atoms with Crippen LogP contribution in [0.3, 0.4) is 0 Å². The van der Waals surface area contributed by atoms with E-state index in [1.54, 1.807) is 24.3 Å². The number of ether oxygens (including phenoxy) is 2.